The molecule has 0 atom stereocenters. The first-order chi connectivity index (χ1) is 9.17. The first kappa shape index (κ1) is 15.4. The predicted octanol–water partition coefficient (Wildman–Crippen LogP) is 2.92. The van der Waals surface area contributed by atoms with Crippen LogP contribution in [0, 0.1) is 0 Å². The van der Waals surface area contributed by atoms with Crippen molar-refractivity contribution in [2.24, 2.45) is 0 Å². The normalized spacial score (nSPS) is 10.6. The highest BCUT2D eigenvalue weighted by atomic mass is 32.2. The molecule has 104 valence electrons. The number of hydrogen-bond donors (Lipinski definition) is 1. The number of aliphatic carboxylic acids is 1. The summed E-state index contributed by atoms with van der Waals surface area (Å²) in [5, 5.41) is 8.68. The molecule has 1 N–H and O–H groups in total. The first-order valence-electron chi connectivity index (χ1n) is 5.97. The number of thioether (sulfide) groups is 1. The van der Waals surface area contributed by atoms with Crippen LogP contribution >= 0.6 is 11.8 Å². The smallest absolute Gasteiger partial charge is 0.328 e. The molecule has 1 rings (SSSR count). The van der Waals surface area contributed by atoms with Gasteiger partial charge in [0.1, 0.15) is 11.5 Å². The summed E-state index contributed by atoms with van der Waals surface area (Å²) in [4.78, 5) is 10.6. The van der Waals surface area contributed by atoms with Gasteiger partial charge in [-0.05, 0) is 30.0 Å². The van der Waals surface area contributed by atoms with Crippen LogP contribution in [0.1, 0.15) is 12.5 Å². The van der Waals surface area contributed by atoms with Gasteiger partial charge in [0.25, 0.3) is 0 Å². The summed E-state index contributed by atoms with van der Waals surface area (Å²) in [7, 11) is 1.57. The lowest BCUT2D eigenvalue weighted by Gasteiger charge is -2.10. The Kier molecular flexibility index (Phi) is 6.89. The molecule has 0 aliphatic rings. The van der Waals surface area contributed by atoms with E-state index in [1.165, 1.54) is 6.08 Å². The van der Waals surface area contributed by atoms with Crippen molar-refractivity contribution in [3.05, 3.63) is 29.8 Å². The van der Waals surface area contributed by atoms with Gasteiger partial charge in [-0.1, -0.05) is 6.92 Å². The molecule has 0 saturated heterocycles. The van der Waals surface area contributed by atoms with E-state index >= 15 is 0 Å². The minimum absolute atomic E-state index is 0.596. The van der Waals surface area contributed by atoms with Crippen molar-refractivity contribution in [2.75, 3.05) is 25.2 Å². The quantitative estimate of drug-likeness (QED) is 0.587. The highest BCUT2D eigenvalue weighted by Gasteiger charge is 2.04. The van der Waals surface area contributed by atoms with Gasteiger partial charge in [0.05, 0.1) is 13.7 Å². The molecular weight excluding hydrogens is 264 g/mol. The Morgan fingerprint density at radius 2 is 2.26 bits per heavy atom. The van der Waals surface area contributed by atoms with Gasteiger partial charge >= 0.3 is 5.97 Å². The number of methoxy groups -OCH3 is 1. The zero-order valence-electron chi connectivity index (χ0n) is 11.1. The Hall–Kier alpha value is -1.62. The average Bonchev–Trinajstić information content (AvgIpc) is 2.42. The molecule has 1 aromatic rings. The largest absolute Gasteiger partial charge is 0.497 e. The molecule has 0 aliphatic heterocycles. The van der Waals surface area contributed by atoms with E-state index in [-0.39, 0.29) is 0 Å². The van der Waals surface area contributed by atoms with E-state index in [4.69, 9.17) is 14.6 Å². The molecule has 0 aliphatic carbocycles. The summed E-state index contributed by atoms with van der Waals surface area (Å²) < 4.78 is 10.8. The topological polar surface area (TPSA) is 55.8 Å². The van der Waals surface area contributed by atoms with E-state index in [2.05, 4.69) is 6.92 Å². The summed E-state index contributed by atoms with van der Waals surface area (Å²) >= 11 is 1.80. The molecule has 0 radical (unpaired) electrons. The lowest BCUT2D eigenvalue weighted by molar-refractivity contribution is -0.131. The number of rotatable bonds is 8. The van der Waals surface area contributed by atoms with Gasteiger partial charge < -0.3 is 14.6 Å². The van der Waals surface area contributed by atoms with Gasteiger partial charge in [-0.3, -0.25) is 0 Å². The van der Waals surface area contributed by atoms with Crippen molar-refractivity contribution in [3.8, 4) is 11.5 Å². The molecular formula is C14H18O4S. The van der Waals surface area contributed by atoms with Gasteiger partial charge in [-0.25, -0.2) is 4.79 Å². The zero-order valence-corrected chi connectivity index (χ0v) is 11.9. The van der Waals surface area contributed by atoms with Gasteiger partial charge in [0.2, 0.25) is 0 Å². The van der Waals surface area contributed by atoms with E-state index in [1.807, 2.05) is 0 Å². The number of carbonyl (C=O) groups is 1. The second-order valence-corrected chi connectivity index (χ2v) is 5.01. The molecule has 0 unspecified atom stereocenters. The first-order valence-corrected chi connectivity index (χ1v) is 7.12. The molecule has 0 saturated carbocycles. The fourth-order valence-electron chi connectivity index (χ4n) is 1.43. The van der Waals surface area contributed by atoms with Crippen LogP contribution in [0.4, 0.5) is 0 Å². The molecule has 0 heterocycles. The third kappa shape index (κ3) is 5.70. The lowest BCUT2D eigenvalue weighted by atomic mass is 10.1. The summed E-state index contributed by atoms with van der Waals surface area (Å²) in [5.74, 6) is 2.30. The Morgan fingerprint density at radius 3 is 2.89 bits per heavy atom. The fraction of sp³-hybridized carbons (Fsp3) is 0.357. The van der Waals surface area contributed by atoms with E-state index in [1.54, 1.807) is 37.1 Å². The molecule has 19 heavy (non-hydrogen) atoms. The van der Waals surface area contributed by atoms with Crippen LogP contribution in [0.15, 0.2) is 24.3 Å². The number of hydrogen-bond acceptors (Lipinski definition) is 4. The molecule has 0 bridgehead atoms. The maximum absolute atomic E-state index is 10.6. The van der Waals surface area contributed by atoms with Crippen LogP contribution in [0.3, 0.4) is 0 Å². The highest BCUT2D eigenvalue weighted by molar-refractivity contribution is 7.99. The van der Waals surface area contributed by atoms with Crippen LogP contribution in [-0.4, -0.2) is 36.3 Å². The number of carboxylic acids is 1. The van der Waals surface area contributed by atoms with Crippen molar-refractivity contribution < 1.29 is 19.4 Å². The Morgan fingerprint density at radius 1 is 1.47 bits per heavy atom. The Bertz CT molecular complexity index is 443. The second kappa shape index (κ2) is 8.48. The Balaban J connectivity index is 2.79. The molecule has 1 aromatic carbocycles. The molecule has 0 spiro atoms. The third-order valence-electron chi connectivity index (χ3n) is 2.31. The van der Waals surface area contributed by atoms with Crippen LogP contribution in [-0.2, 0) is 4.79 Å². The SMILES string of the molecule is CCSCCOc1ccc(OC)cc1/C=C/C(=O)O. The van der Waals surface area contributed by atoms with Gasteiger partial charge in [-0.15, -0.1) is 0 Å². The standard InChI is InChI=1S/C14H18O4S/c1-3-19-9-8-18-13-6-5-12(17-2)10-11(13)4-7-14(15)16/h4-7,10H,3,8-9H2,1-2H3,(H,15,16)/b7-4+. The zero-order chi connectivity index (χ0) is 14.1. The lowest BCUT2D eigenvalue weighted by Crippen LogP contribution is -2.02. The van der Waals surface area contributed by atoms with E-state index < -0.39 is 5.97 Å². The minimum atomic E-state index is -0.990. The predicted molar refractivity (Wildman–Crippen MR) is 78.2 cm³/mol. The third-order valence-corrected chi connectivity index (χ3v) is 3.18. The van der Waals surface area contributed by atoms with E-state index in [9.17, 15) is 4.79 Å². The maximum Gasteiger partial charge on any atom is 0.328 e. The van der Waals surface area contributed by atoms with Gasteiger partial charge in [0, 0.05) is 17.4 Å². The molecule has 0 aromatic heterocycles. The van der Waals surface area contributed by atoms with Crippen LogP contribution < -0.4 is 9.47 Å². The van der Waals surface area contributed by atoms with Crippen molar-refractivity contribution in [2.45, 2.75) is 6.92 Å². The molecule has 4 nitrogen and oxygen atoms in total. The van der Waals surface area contributed by atoms with Crippen LogP contribution in [0.2, 0.25) is 0 Å². The minimum Gasteiger partial charge on any atom is -0.497 e. The Labute approximate surface area is 117 Å². The monoisotopic (exact) mass is 282 g/mol. The number of ether oxygens (including phenoxy) is 2. The summed E-state index contributed by atoms with van der Waals surface area (Å²) in [6.45, 7) is 2.69. The molecule has 5 heteroatoms. The van der Waals surface area contributed by atoms with E-state index in [0.29, 0.717) is 23.7 Å². The van der Waals surface area contributed by atoms with Gasteiger partial charge in [0.15, 0.2) is 0 Å². The maximum atomic E-state index is 10.6. The number of carboxylic acid groups (broad SMARTS) is 1. The summed E-state index contributed by atoms with van der Waals surface area (Å²) in [6.07, 6.45) is 2.59. The van der Waals surface area contributed by atoms with Crippen molar-refractivity contribution in [3.63, 3.8) is 0 Å². The van der Waals surface area contributed by atoms with Crippen LogP contribution in [0.25, 0.3) is 6.08 Å². The number of benzene rings is 1. The van der Waals surface area contributed by atoms with Crippen molar-refractivity contribution >= 4 is 23.8 Å². The summed E-state index contributed by atoms with van der Waals surface area (Å²) in [6, 6.07) is 5.33. The highest BCUT2D eigenvalue weighted by Crippen LogP contribution is 2.25. The molecule has 0 amide bonds. The van der Waals surface area contributed by atoms with E-state index in [0.717, 1.165) is 17.6 Å². The van der Waals surface area contributed by atoms with Crippen molar-refractivity contribution in [1.29, 1.82) is 0 Å². The summed E-state index contributed by atoms with van der Waals surface area (Å²) in [5.41, 5.74) is 0.697. The van der Waals surface area contributed by atoms with Crippen molar-refractivity contribution in [1.82, 2.24) is 0 Å². The second-order valence-electron chi connectivity index (χ2n) is 3.62. The van der Waals surface area contributed by atoms with Crippen LogP contribution in [0.5, 0.6) is 11.5 Å². The molecule has 0 fully saturated rings. The average molecular weight is 282 g/mol. The van der Waals surface area contributed by atoms with Gasteiger partial charge in [-0.2, -0.15) is 11.8 Å². The fourth-order valence-corrected chi connectivity index (χ4v) is 1.92.